The van der Waals surface area contributed by atoms with E-state index in [1.54, 1.807) is 0 Å². The molecule has 1 aromatic rings. The molecule has 0 radical (unpaired) electrons. The van der Waals surface area contributed by atoms with Gasteiger partial charge in [-0.2, -0.15) is 0 Å². The van der Waals surface area contributed by atoms with Crippen molar-refractivity contribution in [2.75, 3.05) is 6.54 Å². The maximum Gasteiger partial charge on any atom is 0.194 e. The van der Waals surface area contributed by atoms with Crippen molar-refractivity contribution in [3.8, 4) is 0 Å². The lowest BCUT2D eigenvalue weighted by atomic mass is 10.1. The predicted octanol–water partition coefficient (Wildman–Crippen LogP) is 1.48. The quantitative estimate of drug-likeness (QED) is 0.751. The molecule has 2 nitrogen and oxygen atoms in total. The average molecular weight is 227 g/mol. The van der Waals surface area contributed by atoms with E-state index in [-0.39, 0.29) is 24.5 Å². The van der Waals surface area contributed by atoms with Crippen molar-refractivity contribution in [1.82, 2.24) is 0 Å². The minimum absolute atomic E-state index is 0. The molecule has 0 unspecified atom stereocenters. The van der Waals surface area contributed by atoms with E-state index in [1.807, 2.05) is 0 Å². The summed E-state index contributed by atoms with van der Waals surface area (Å²) in [6.45, 7) is 0.0461. The van der Waals surface area contributed by atoms with E-state index in [2.05, 4.69) is 0 Å². The third kappa shape index (κ3) is 2.60. The molecule has 0 heterocycles. The predicted molar refractivity (Wildman–Crippen MR) is 49.5 cm³/mol. The molecule has 0 aliphatic carbocycles. The first-order valence-corrected chi connectivity index (χ1v) is 3.66. The largest absolute Gasteiger partial charge is 0.329 e. The molecule has 0 spiro atoms. The zero-order chi connectivity index (χ0) is 10.0. The van der Waals surface area contributed by atoms with E-state index >= 15 is 0 Å². The van der Waals surface area contributed by atoms with E-state index in [1.165, 1.54) is 0 Å². The Hall–Kier alpha value is -0.780. The summed E-state index contributed by atoms with van der Waals surface area (Å²) in [4.78, 5) is 0. The molecular weight excluding hydrogens is 217 g/mol. The topological polar surface area (TPSA) is 52.0 Å². The van der Waals surface area contributed by atoms with Gasteiger partial charge in [-0.25, -0.2) is 13.2 Å². The number of benzene rings is 1. The molecule has 1 atom stereocenters. The number of nitrogens with two attached hydrogens (primary N) is 2. The average Bonchev–Trinajstić information content (AvgIpc) is 2.12. The molecule has 1 aromatic carbocycles. The van der Waals surface area contributed by atoms with Gasteiger partial charge in [0.2, 0.25) is 0 Å². The van der Waals surface area contributed by atoms with E-state index in [0.29, 0.717) is 0 Å². The second kappa shape index (κ2) is 5.19. The maximum atomic E-state index is 12.6. The van der Waals surface area contributed by atoms with Crippen LogP contribution in [0, 0.1) is 17.5 Å². The fourth-order valence-electron chi connectivity index (χ4n) is 0.925. The van der Waals surface area contributed by atoms with Crippen molar-refractivity contribution < 1.29 is 13.2 Å². The minimum atomic E-state index is -1.49. The summed E-state index contributed by atoms with van der Waals surface area (Å²) in [5, 5.41) is 0. The zero-order valence-corrected chi connectivity index (χ0v) is 7.95. The monoisotopic (exact) mass is 226 g/mol. The summed E-state index contributed by atoms with van der Waals surface area (Å²) < 4.78 is 37.7. The molecule has 0 saturated carbocycles. The number of hydrogen-bond acceptors (Lipinski definition) is 2. The van der Waals surface area contributed by atoms with Crippen LogP contribution in [0.25, 0.3) is 0 Å². The first kappa shape index (κ1) is 13.2. The Morgan fingerprint density at radius 1 is 1.14 bits per heavy atom. The zero-order valence-electron chi connectivity index (χ0n) is 7.14. The van der Waals surface area contributed by atoms with Crippen LogP contribution in [-0.2, 0) is 0 Å². The molecule has 0 aliphatic rings. The molecule has 80 valence electrons. The normalized spacial score (nSPS) is 12.1. The molecule has 0 fully saturated rings. The molecular formula is C8H10ClF3N2. The summed E-state index contributed by atoms with van der Waals surface area (Å²) in [5.41, 5.74) is 10.7. The van der Waals surface area contributed by atoms with Gasteiger partial charge < -0.3 is 11.5 Å². The first-order chi connectivity index (χ1) is 6.06. The fraction of sp³-hybridized carbons (Fsp3) is 0.250. The van der Waals surface area contributed by atoms with Crippen molar-refractivity contribution in [2.24, 2.45) is 11.5 Å². The van der Waals surface area contributed by atoms with Crippen LogP contribution in [0.1, 0.15) is 11.6 Å². The number of hydrogen-bond donors (Lipinski definition) is 2. The summed E-state index contributed by atoms with van der Waals surface area (Å²) in [6, 6.07) is 1.01. The second-order valence-corrected chi connectivity index (χ2v) is 2.64. The van der Waals surface area contributed by atoms with Crippen LogP contribution >= 0.6 is 12.4 Å². The Kier molecular flexibility index (Phi) is 4.90. The van der Waals surface area contributed by atoms with Crippen LogP contribution in [0.3, 0.4) is 0 Å². The van der Waals surface area contributed by atoms with Crippen LogP contribution in [0.15, 0.2) is 12.1 Å². The molecule has 4 N–H and O–H groups in total. The highest BCUT2D eigenvalue weighted by molar-refractivity contribution is 5.85. The van der Waals surface area contributed by atoms with Crippen molar-refractivity contribution >= 4 is 12.4 Å². The van der Waals surface area contributed by atoms with Crippen LogP contribution in [0.2, 0.25) is 0 Å². The molecule has 14 heavy (non-hydrogen) atoms. The van der Waals surface area contributed by atoms with Crippen LogP contribution in [-0.4, -0.2) is 6.54 Å². The Bertz CT molecular complexity index is 296. The lowest BCUT2D eigenvalue weighted by molar-refractivity contribution is 0.443. The van der Waals surface area contributed by atoms with Gasteiger partial charge >= 0.3 is 0 Å². The van der Waals surface area contributed by atoms with Crippen molar-refractivity contribution in [2.45, 2.75) is 6.04 Å². The number of halogens is 4. The highest BCUT2D eigenvalue weighted by Crippen LogP contribution is 2.17. The van der Waals surface area contributed by atoms with Crippen molar-refractivity contribution in [3.05, 3.63) is 35.1 Å². The minimum Gasteiger partial charge on any atom is -0.329 e. The summed E-state index contributed by atoms with van der Waals surface area (Å²) >= 11 is 0. The molecule has 0 saturated heterocycles. The SMILES string of the molecule is Cl.NC[C@H](N)c1cc(F)c(F)c(F)c1. The van der Waals surface area contributed by atoms with Gasteiger partial charge in [0.25, 0.3) is 0 Å². The second-order valence-electron chi connectivity index (χ2n) is 2.64. The number of rotatable bonds is 2. The first-order valence-electron chi connectivity index (χ1n) is 3.66. The van der Waals surface area contributed by atoms with Crippen LogP contribution in [0.5, 0.6) is 0 Å². The molecule has 6 heteroatoms. The Morgan fingerprint density at radius 3 is 1.93 bits per heavy atom. The molecule has 1 rings (SSSR count). The Labute approximate surface area is 85.5 Å². The van der Waals surface area contributed by atoms with Gasteiger partial charge in [-0.3, -0.25) is 0 Å². The lowest BCUT2D eigenvalue weighted by Gasteiger charge is -2.09. The van der Waals surface area contributed by atoms with Gasteiger partial charge in [0.05, 0.1) is 0 Å². The van der Waals surface area contributed by atoms with Gasteiger partial charge in [0.1, 0.15) is 0 Å². The van der Waals surface area contributed by atoms with E-state index < -0.39 is 23.5 Å². The Balaban J connectivity index is 0.00000169. The summed E-state index contributed by atoms with van der Waals surface area (Å²) in [5.74, 6) is -3.99. The van der Waals surface area contributed by atoms with Gasteiger partial charge in [0, 0.05) is 12.6 Å². The van der Waals surface area contributed by atoms with E-state index in [0.717, 1.165) is 12.1 Å². The molecule has 0 aliphatic heterocycles. The van der Waals surface area contributed by atoms with Gasteiger partial charge in [-0.15, -0.1) is 12.4 Å². The van der Waals surface area contributed by atoms with Gasteiger partial charge in [-0.1, -0.05) is 0 Å². The molecule has 0 bridgehead atoms. The lowest BCUT2D eigenvalue weighted by Crippen LogP contribution is -2.21. The van der Waals surface area contributed by atoms with Gasteiger partial charge in [0.15, 0.2) is 17.5 Å². The smallest absolute Gasteiger partial charge is 0.194 e. The van der Waals surface area contributed by atoms with Gasteiger partial charge in [-0.05, 0) is 17.7 Å². The van der Waals surface area contributed by atoms with E-state index in [4.69, 9.17) is 11.5 Å². The van der Waals surface area contributed by atoms with Crippen molar-refractivity contribution in [3.63, 3.8) is 0 Å². The third-order valence-electron chi connectivity index (χ3n) is 1.69. The highest BCUT2D eigenvalue weighted by atomic mass is 35.5. The Morgan fingerprint density at radius 2 is 1.57 bits per heavy atom. The molecule has 0 aromatic heterocycles. The highest BCUT2D eigenvalue weighted by Gasteiger charge is 2.13. The van der Waals surface area contributed by atoms with Crippen molar-refractivity contribution in [1.29, 1.82) is 0 Å². The fourth-order valence-corrected chi connectivity index (χ4v) is 0.925. The standard InChI is InChI=1S/C8H9F3N2.ClH/c9-5-1-4(7(13)3-12)2-6(10)8(5)11;/h1-2,7H,3,12-13H2;1H/t7-;/m0./s1. The van der Waals surface area contributed by atoms with Crippen LogP contribution < -0.4 is 11.5 Å². The maximum absolute atomic E-state index is 12.6. The summed E-state index contributed by atoms with van der Waals surface area (Å²) in [7, 11) is 0. The summed E-state index contributed by atoms with van der Waals surface area (Å²) in [6.07, 6.45) is 0. The van der Waals surface area contributed by atoms with Crippen LogP contribution in [0.4, 0.5) is 13.2 Å². The van der Waals surface area contributed by atoms with E-state index in [9.17, 15) is 13.2 Å². The molecule has 0 amide bonds. The third-order valence-corrected chi connectivity index (χ3v) is 1.69.